The van der Waals surface area contributed by atoms with Crippen LogP contribution in [0.3, 0.4) is 0 Å². The van der Waals surface area contributed by atoms with Crippen LogP contribution in [0, 0.1) is 11.3 Å². The highest BCUT2D eigenvalue weighted by Gasteiger charge is 2.12. The Kier molecular flexibility index (Phi) is 4.96. The molecule has 0 aliphatic rings. The highest BCUT2D eigenvalue weighted by atomic mass is 16.5. The minimum Gasteiger partial charge on any atom is -0.496 e. The van der Waals surface area contributed by atoms with Gasteiger partial charge in [-0.15, -0.1) is 0 Å². The van der Waals surface area contributed by atoms with Gasteiger partial charge < -0.3 is 10.1 Å². The number of nitriles is 1. The second-order valence-electron chi connectivity index (χ2n) is 6.59. The first-order valence-electron chi connectivity index (χ1n) is 9.17. The number of hydrogen-bond acceptors (Lipinski definition) is 3. The third-order valence-corrected chi connectivity index (χ3v) is 4.81. The number of fused-ring (bicyclic) bond motifs is 2. The number of anilines is 1. The number of nitrogens with zero attached hydrogens (tertiary/aromatic N) is 1. The number of benzene rings is 4. The van der Waals surface area contributed by atoms with E-state index in [9.17, 15) is 10.1 Å². The molecule has 0 bridgehead atoms. The number of carbonyl (C=O) groups excluding carboxylic acids is 1. The van der Waals surface area contributed by atoms with Crippen LogP contribution in [0.15, 0.2) is 84.4 Å². The summed E-state index contributed by atoms with van der Waals surface area (Å²) in [5.41, 5.74) is 1.47. The highest BCUT2D eigenvalue weighted by Crippen LogP contribution is 2.29. The molecule has 0 radical (unpaired) electrons. The van der Waals surface area contributed by atoms with E-state index >= 15 is 0 Å². The number of nitrogens with one attached hydrogen (secondary N) is 1. The van der Waals surface area contributed by atoms with Gasteiger partial charge in [0.05, 0.1) is 7.11 Å². The van der Waals surface area contributed by atoms with Crippen LogP contribution in [0.5, 0.6) is 5.75 Å². The predicted octanol–water partition coefficient (Wildman–Crippen LogP) is 5.55. The van der Waals surface area contributed by atoms with Crippen molar-refractivity contribution in [3.05, 3.63) is 90.0 Å². The average molecular weight is 378 g/mol. The van der Waals surface area contributed by atoms with E-state index in [1.54, 1.807) is 13.2 Å². The molecule has 140 valence electrons. The van der Waals surface area contributed by atoms with E-state index in [0.717, 1.165) is 32.9 Å². The molecule has 0 aliphatic heterocycles. The summed E-state index contributed by atoms with van der Waals surface area (Å²) in [6.07, 6.45) is 1.61. The Morgan fingerprint density at radius 3 is 2.41 bits per heavy atom. The molecule has 0 spiro atoms. The lowest BCUT2D eigenvalue weighted by molar-refractivity contribution is -0.112. The van der Waals surface area contributed by atoms with Gasteiger partial charge in [-0.3, -0.25) is 4.79 Å². The molecule has 0 fully saturated rings. The maximum Gasteiger partial charge on any atom is 0.266 e. The standard InChI is InChI=1S/C25H18N2O2/c1-29-24-13-11-19(22-8-4-5-9-23(22)24)14-20(16-26)25(28)27-21-12-10-17-6-2-3-7-18(17)15-21/h2-15H,1H3,(H,27,28)/b20-14+. The van der Waals surface area contributed by atoms with Gasteiger partial charge in [0.25, 0.3) is 5.91 Å². The van der Waals surface area contributed by atoms with Crippen molar-refractivity contribution in [2.75, 3.05) is 12.4 Å². The fourth-order valence-corrected chi connectivity index (χ4v) is 3.37. The number of rotatable bonds is 4. The molecular formula is C25H18N2O2. The van der Waals surface area contributed by atoms with Crippen molar-refractivity contribution in [3.8, 4) is 11.8 Å². The van der Waals surface area contributed by atoms with Gasteiger partial charge in [-0.05, 0) is 46.0 Å². The lowest BCUT2D eigenvalue weighted by atomic mass is 10.0. The zero-order valence-electron chi connectivity index (χ0n) is 15.8. The van der Waals surface area contributed by atoms with Crippen LogP contribution in [0.1, 0.15) is 5.56 Å². The Morgan fingerprint density at radius 1 is 0.931 bits per heavy atom. The Bertz CT molecular complexity index is 1300. The van der Waals surface area contributed by atoms with Crippen molar-refractivity contribution in [2.45, 2.75) is 0 Å². The SMILES string of the molecule is COc1ccc(/C=C(\C#N)C(=O)Nc2ccc3ccccc3c2)c2ccccc12. The number of carbonyl (C=O) groups is 1. The van der Waals surface area contributed by atoms with Crippen molar-refractivity contribution in [1.82, 2.24) is 0 Å². The van der Waals surface area contributed by atoms with Gasteiger partial charge in [0.15, 0.2) is 0 Å². The molecule has 0 unspecified atom stereocenters. The molecule has 0 aromatic heterocycles. The molecule has 4 rings (SSSR count). The summed E-state index contributed by atoms with van der Waals surface area (Å²) in [6.45, 7) is 0. The molecule has 29 heavy (non-hydrogen) atoms. The third kappa shape index (κ3) is 3.67. The molecule has 4 aromatic carbocycles. The summed E-state index contributed by atoms with van der Waals surface area (Å²) in [4.78, 5) is 12.7. The lowest BCUT2D eigenvalue weighted by Gasteiger charge is -2.09. The van der Waals surface area contributed by atoms with Crippen LogP contribution in [-0.4, -0.2) is 13.0 Å². The monoisotopic (exact) mass is 378 g/mol. The maximum absolute atomic E-state index is 12.7. The van der Waals surface area contributed by atoms with E-state index in [0.29, 0.717) is 5.69 Å². The molecule has 0 atom stereocenters. The van der Waals surface area contributed by atoms with Crippen LogP contribution in [0.25, 0.3) is 27.6 Å². The maximum atomic E-state index is 12.7. The highest BCUT2D eigenvalue weighted by molar-refractivity contribution is 6.11. The van der Waals surface area contributed by atoms with Crippen LogP contribution >= 0.6 is 0 Å². The van der Waals surface area contributed by atoms with E-state index in [2.05, 4.69) is 5.32 Å². The van der Waals surface area contributed by atoms with Gasteiger partial charge in [0.2, 0.25) is 0 Å². The minimum absolute atomic E-state index is 0.0356. The number of ether oxygens (including phenoxy) is 1. The first kappa shape index (κ1) is 18.3. The van der Waals surface area contributed by atoms with E-state index in [1.165, 1.54) is 0 Å². The summed E-state index contributed by atoms with van der Waals surface area (Å²) >= 11 is 0. The van der Waals surface area contributed by atoms with Crippen LogP contribution in [-0.2, 0) is 4.79 Å². The fraction of sp³-hybridized carbons (Fsp3) is 0.0400. The summed E-state index contributed by atoms with van der Waals surface area (Å²) in [5.74, 6) is 0.305. The Hall–Kier alpha value is -4.10. The molecule has 4 heteroatoms. The topological polar surface area (TPSA) is 62.1 Å². The fourth-order valence-electron chi connectivity index (χ4n) is 3.37. The molecule has 4 nitrogen and oxygen atoms in total. The molecular weight excluding hydrogens is 360 g/mol. The quantitative estimate of drug-likeness (QED) is 0.374. The normalized spacial score (nSPS) is 11.2. The van der Waals surface area contributed by atoms with E-state index in [4.69, 9.17) is 4.74 Å². The van der Waals surface area contributed by atoms with Gasteiger partial charge in [0, 0.05) is 11.1 Å². The molecule has 0 heterocycles. The summed E-state index contributed by atoms with van der Waals surface area (Å²) in [5, 5.41) is 16.4. The molecule has 4 aromatic rings. The summed E-state index contributed by atoms with van der Waals surface area (Å²) in [7, 11) is 1.62. The Morgan fingerprint density at radius 2 is 1.66 bits per heavy atom. The second-order valence-corrected chi connectivity index (χ2v) is 6.59. The van der Waals surface area contributed by atoms with Gasteiger partial charge in [-0.25, -0.2) is 0 Å². The van der Waals surface area contributed by atoms with E-state index < -0.39 is 5.91 Å². The molecule has 0 aliphatic carbocycles. The predicted molar refractivity (Wildman–Crippen MR) is 117 cm³/mol. The van der Waals surface area contributed by atoms with Gasteiger partial charge >= 0.3 is 0 Å². The van der Waals surface area contributed by atoms with Crippen molar-refractivity contribution in [2.24, 2.45) is 0 Å². The first-order chi connectivity index (χ1) is 14.2. The van der Waals surface area contributed by atoms with E-state index in [-0.39, 0.29) is 5.57 Å². The second kappa shape index (κ2) is 7.87. The summed E-state index contributed by atoms with van der Waals surface area (Å²) < 4.78 is 5.41. The van der Waals surface area contributed by atoms with Gasteiger partial charge in [0.1, 0.15) is 17.4 Å². The van der Waals surface area contributed by atoms with E-state index in [1.807, 2.05) is 84.9 Å². The Labute approximate surface area is 168 Å². The molecule has 0 saturated carbocycles. The van der Waals surface area contributed by atoms with Crippen LogP contribution in [0.4, 0.5) is 5.69 Å². The van der Waals surface area contributed by atoms with Crippen molar-refractivity contribution in [3.63, 3.8) is 0 Å². The van der Waals surface area contributed by atoms with Crippen molar-refractivity contribution in [1.29, 1.82) is 5.26 Å². The number of methoxy groups -OCH3 is 1. The number of hydrogen-bond donors (Lipinski definition) is 1. The van der Waals surface area contributed by atoms with Crippen molar-refractivity contribution >= 4 is 39.2 Å². The lowest BCUT2D eigenvalue weighted by Crippen LogP contribution is -2.13. The van der Waals surface area contributed by atoms with Gasteiger partial charge in [-0.1, -0.05) is 60.7 Å². The number of amides is 1. The van der Waals surface area contributed by atoms with Crippen LogP contribution in [0.2, 0.25) is 0 Å². The van der Waals surface area contributed by atoms with Crippen LogP contribution < -0.4 is 10.1 Å². The Balaban J connectivity index is 1.68. The molecule has 1 N–H and O–H groups in total. The first-order valence-corrected chi connectivity index (χ1v) is 9.17. The minimum atomic E-state index is -0.442. The molecule has 0 saturated heterocycles. The molecule has 1 amide bonds. The summed E-state index contributed by atoms with van der Waals surface area (Å²) in [6, 6.07) is 27.0. The van der Waals surface area contributed by atoms with Gasteiger partial charge in [-0.2, -0.15) is 5.26 Å². The zero-order valence-corrected chi connectivity index (χ0v) is 15.8. The third-order valence-electron chi connectivity index (χ3n) is 4.81. The van der Waals surface area contributed by atoms with Crippen molar-refractivity contribution < 1.29 is 9.53 Å². The zero-order chi connectivity index (χ0) is 20.2. The largest absolute Gasteiger partial charge is 0.496 e. The average Bonchev–Trinajstić information content (AvgIpc) is 2.77. The smallest absolute Gasteiger partial charge is 0.266 e.